The number of hydrogen-bond donors (Lipinski definition) is 7. The summed E-state index contributed by atoms with van der Waals surface area (Å²) < 4.78 is 40.9. The zero-order chi connectivity index (χ0) is 56.0. The molecule has 18 atom stereocenters. The molecule has 4 heterocycles. The molecular formula is C54H93N7O14. The molecule has 3 aliphatic heterocycles. The van der Waals surface area contributed by atoms with Gasteiger partial charge in [0.15, 0.2) is 12.6 Å². The van der Waals surface area contributed by atoms with Crippen LogP contribution in [0.4, 0.5) is 0 Å². The second-order valence-corrected chi connectivity index (χ2v) is 23.2. The number of aromatic nitrogens is 3. The van der Waals surface area contributed by atoms with Crippen molar-refractivity contribution >= 4 is 11.9 Å². The van der Waals surface area contributed by atoms with Gasteiger partial charge < -0.3 is 63.8 Å². The summed E-state index contributed by atoms with van der Waals surface area (Å²) in [5.41, 5.74) is -2.14. The number of hydroxylamine groups is 1. The molecule has 21 heteroatoms. The van der Waals surface area contributed by atoms with Crippen LogP contribution in [-0.2, 0) is 51.1 Å². The highest BCUT2D eigenvalue weighted by molar-refractivity contribution is 5.74. The number of carbonyl (C=O) groups excluding carboxylic acids is 2. The van der Waals surface area contributed by atoms with E-state index in [1.165, 1.54) is 14.0 Å². The topological polar surface area (TPSA) is 263 Å². The number of nitrogens with one attached hydrogen (secondary N) is 1. The fourth-order valence-corrected chi connectivity index (χ4v) is 11.8. The van der Waals surface area contributed by atoms with Crippen LogP contribution >= 0.6 is 0 Å². The van der Waals surface area contributed by atoms with Crippen molar-refractivity contribution in [2.24, 2.45) is 17.8 Å². The number of nitrogens with zero attached hydrogens (tertiary/aromatic N) is 6. The van der Waals surface area contributed by atoms with E-state index in [0.717, 1.165) is 11.1 Å². The molecule has 0 bridgehead atoms. The van der Waals surface area contributed by atoms with Crippen LogP contribution in [0, 0.1) is 17.8 Å². The van der Waals surface area contributed by atoms with Crippen molar-refractivity contribution in [3.05, 3.63) is 36.0 Å². The predicted molar refractivity (Wildman–Crippen MR) is 279 cm³/mol. The van der Waals surface area contributed by atoms with Crippen molar-refractivity contribution in [2.45, 2.75) is 217 Å². The molecule has 3 fully saturated rings. The summed E-state index contributed by atoms with van der Waals surface area (Å²) >= 11 is 0. The van der Waals surface area contributed by atoms with Gasteiger partial charge in [0.2, 0.25) is 5.91 Å². The quantitative estimate of drug-likeness (QED) is 0.0519. The molecule has 0 radical (unpaired) electrons. The van der Waals surface area contributed by atoms with Crippen molar-refractivity contribution in [2.75, 3.05) is 48.4 Å². The number of amides is 1. The van der Waals surface area contributed by atoms with Crippen LogP contribution in [0.1, 0.15) is 120 Å². The highest BCUT2D eigenvalue weighted by Crippen LogP contribution is 2.44. The second-order valence-electron chi connectivity index (χ2n) is 23.2. The highest BCUT2D eigenvalue weighted by Gasteiger charge is 2.59. The van der Waals surface area contributed by atoms with E-state index in [9.17, 15) is 35.1 Å². The van der Waals surface area contributed by atoms with Crippen molar-refractivity contribution in [3.63, 3.8) is 0 Å². The number of aryl methyl sites for hydroxylation is 1. The van der Waals surface area contributed by atoms with Gasteiger partial charge in [-0.3, -0.25) is 24.4 Å². The maximum Gasteiger partial charge on any atom is 0.311 e. The minimum atomic E-state index is -1.85. The number of cyclic esters (lactones) is 1. The number of hydrogen-bond acceptors (Lipinski definition) is 19. The third kappa shape index (κ3) is 14.9. The lowest BCUT2D eigenvalue weighted by atomic mass is 9.75. The highest BCUT2D eigenvalue weighted by atomic mass is 16.7. The van der Waals surface area contributed by atoms with Crippen LogP contribution < -0.4 is 5.48 Å². The Labute approximate surface area is 445 Å². The molecule has 0 spiro atoms. The summed E-state index contributed by atoms with van der Waals surface area (Å²) in [4.78, 5) is 31.8. The number of likely N-dealkylation sites (N-methyl/N-ethyl adjacent to an activating group) is 3. The number of benzene rings is 1. The number of aliphatic hydroxyl groups excluding tert-OH is 2. The first-order valence-electron chi connectivity index (χ1n) is 26.9. The Morgan fingerprint density at radius 2 is 1.63 bits per heavy atom. The van der Waals surface area contributed by atoms with Crippen LogP contribution in [0.25, 0.3) is 11.3 Å². The van der Waals surface area contributed by atoms with Crippen molar-refractivity contribution < 1.29 is 68.8 Å². The van der Waals surface area contributed by atoms with Gasteiger partial charge in [-0.25, -0.2) is 5.48 Å². The molecule has 1 aromatic carbocycles. The predicted octanol–water partition coefficient (Wildman–Crippen LogP) is 3.34. The number of ether oxygens (including phenoxy) is 6. The molecule has 21 nitrogen and oxygen atoms in total. The minimum absolute atomic E-state index is 0.0185. The zero-order valence-electron chi connectivity index (χ0n) is 47.4. The van der Waals surface area contributed by atoms with Crippen LogP contribution in [0.5, 0.6) is 0 Å². The van der Waals surface area contributed by atoms with Crippen LogP contribution in [-0.4, -0.2) is 210 Å². The van der Waals surface area contributed by atoms with Gasteiger partial charge >= 0.3 is 5.97 Å². The first-order chi connectivity index (χ1) is 35.0. The fraction of sp³-hybridized carbons (Fsp3) is 0.815. The van der Waals surface area contributed by atoms with E-state index in [1.54, 1.807) is 51.7 Å². The Hall–Kier alpha value is -3.26. The van der Waals surface area contributed by atoms with Gasteiger partial charge in [-0.1, -0.05) is 50.3 Å². The third-order valence-corrected chi connectivity index (χ3v) is 16.6. The lowest BCUT2D eigenvalue weighted by Crippen LogP contribution is -2.70. The standard InChI is InChI=1S/C54H93N7O14/c1-16-42-53(10,67)47(64)36(6)60(14)28-32(2)26-51(8,66)48(75-50-45(63)41(58(11)12)25-33(3)71-50)34(4)46(35(5)49(65)73-42)74-44-27-52(9,70-15)54(68,37(7)72-44)31-59(13)29-38-20-22-39(23-21-38)40-30-61(57-55-40)24-18-17-19-43(62)56-69/h20-23,30,32-37,41-42,44-48,50,63-64,66-69H,16-19,24-29,31H2,1-15H3,(H,56,62)/t32-,33-,34-,35-,36-,37-,41+,42+,44-,45-,46+,47-,48-,50+,51-,52+,53-,54-/m0/s1. The van der Waals surface area contributed by atoms with Crippen LogP contribution in [0.3, 0.4) is 0 Å². The summed E-state index contributed by atoms with van der Waals surface area (Å²) in [6.45, 7) is 19.2. The van der Waals surface area contributed by atoms with Gasteiger partial charge in [-0.2, -0.15) is 0 Å². The van der Waals surface area contributed by atoms with E-state index in [4.69, 9.17) is 33.6 Å². The Bertz CT molecular complexity index is 2120. The van der Waals surface area contributed by atoms with Crippen molar-refractivity contribution in [1.82, 2.24) is 35.2 Å². The van der Waals surface area contributed by atoms with Crippen LogP contribution in [0.15, 0.2) is 30.5 Å². The molecule has 5 rings (SSSR count). The molecule has 3 saturated heterocycles. The zero-order valence-corrected chi connectivity index (χ0v) is 47.4. The van der Waals surface area contributed by atoms with E-state index in [-0.39, 0.29) is 50.3 Å². The maximum absolute atomic E-state index is 14.7. The van der Waals surface area contributed by atoms with Gasteiger partial charge in [-0.15, -0.1) is 5.10 Å². The van der Waals surface area contributed by atoms with Crippen LogP contribution in [0.2, 0.25) is 0 Å². The third-order valence-electron chi connectivity index (χ3n) is 16.6. The normalized spacial score (nSPS) is 39.0. The molecule has 0 unspecified atom stereocenters. The Balaban J connectivity index is 1.42. The summed E-state index contributed by atoms with van der Waals surface area (Å²) in [6.07, 6.45) is -4.88. The van der Waals surface area contributed by atoms with Gasteiger partial charge in [-0.05, 0) is 120 Å². The average Bonchev–Trinajstić information content (AvgIpc) is 3.82. The molecule has 1 aromatic heterocycles. The molecular weight excluding hydrogens is 971 g/mol. The first-order valence-corrected chi connectivity index (χ1v) is 26.9. The van der Waals surface area contributed by atoms with Gasteiger partial charge in [0.05, 0.1) is 42.1 Å². The first kappa shape index (κ1) is 62.6. The van der Waals surface area contributed by atoms with E-state index in [1.807, 2.05) is 94.1 Å². The monoisotopic (exact) mass is 1060 g/mol. The number of methoxy groups -OCH3 is 1. The minimum Gasteiger partial charge on any atom is -0.459 e. The van der Waals surface area contributed by atoms with Gasteiger partial charge in [0.25, 0.3) is 0 Å². The van der Waals surface area contributed by atoms with E-state index in [0.29, 0.717) is 44.6 Å². The molecule has 1 amide bonds. The second kappa shape index (κ2) is 26.1. The molecule has 0 saturated carbocycles. The Morgan fingerprint density at radius 3 is 2.24 bits per heavy atom. The lowest BCUT2D eigenvalue weighted by Gasteiger charge is -2.54. The van der Waals surface area contributed by atoms with E-state index >= 15 is 0 Å². The number of unbranched alkanes of at least 4 members (excludes halogenated alkanes) is 1. The summed E-state index contributed by atoms with van der Waals surface area (Å²) in [6, 6.07) is 7.01. The lowest BCUT2D eigenvalue weighted by molar-refractivity contribution is -0.339. The molecule has 428 valence electrons. The smallest absolute Gasteiger partial charge is 0.311 e. The number of rotatable bonds is 17. The number of esters is 1. The maximum atomic E-state index is 14.7. The van der Waals surface area contributed by atoms with Crippen molar-refractivity contribution in [3.8, 4) is 11.3 Å². The largest absolute Gasteiger partial charge is 0.459 e. The van der Waals surface area contributed by atoms with Crippen molar-refractivity contribution in [1.29, 1.82) is 0 Å². The van der Waals surface area contributed by atoms with E-state index in [2.05, 4.69) is 10.3 Å². The number of aliphatic hydroxyl groups is 5. The Kier molecular flexibility index (Phi) is 21.8. The SMILES string of the molecule is CC[C@H]1OC(=O)[C@@H](C)[C@H](O[C@H]2C[C@@](C)(OC)[C@](O)(CN(C)Cc3ccc(-c4cn(CCCCC(=O)NO)nn4)cc3)[C@H](C)O2)[C@H](C)[C@H](O[C@H]2O[C@@H](C)C[C@@H](N(C)C)[C@@H]2O)[C@@](C)(O)C[C@H](C)CN(C)[C@@H](C)[C@H](O)[C@@]1(C)O. The summed E-state index contributed by atoms with van der Waals surface area (Å²) in [5.74, 6) is -3.26. The molecule has 3 aliphatic rings. The summed E-state index contributed by atoms with van der Waals surface area (Å²) in [7, 11) is 9.03. The number of carbonyl (C=O) groups is 2. The van der Waals surface area contributed by atoms with E-state index < -0.39 is 101 Å². The average molecular weight is 1060 g/mol. The fourth-order valence-electron chi connectivity index (χ4n) is 11.8. The Morgan fingerprint density at radius 1 is 0.960 bits per heavy atom. The molecule has 7 N–H and O–H groups in total. The van der Waals surface area contributed by atoms with Gasteiger partial charge in [0, 0.05) is 69.7 Å². The molecule has 75 heavy (non-hydrogen) atoms. The molecule has 0 aliphatic carbocycles. The molecule has 2 aromatic rings. The summed E-state index contributed by atoms with van der Waals surface area (Å²) in [5, 5.41) is 78.3. The van der Waals surface area contributed by atoms with Gasteiger partial charge in [0.1, 0.15) is 40.8 Å².